The predicted octanol–water partition coefficient (Wildman–Crippen LogP) is 3.62. The van der Waals surface area contributed by atoms with Gasteiger partial charge in [0.1, 0.15) is 0 Å². The van der Waals surface area contributed by atoms with Crippen LogP contribution in [0, 0.1) is 17.8 Å². The number of rotatable bonds is 3. The van der Waals surface area contributed by atoms with Crippen LogP contribution in [0.4, 0.5) is 0 Å². The first-order valence-electron chi connectivity index (χ1n) is 6.59. The number of carbonyl (C=O) groups is 1. The summed E-state index contributed by atoms with van der Waals surface area (Å²) in [5.41, 5.74) is 0.413. The summed E-state index contributed by atoms with van der Waals surface area (Å²) in [5.74, 6) is 1.47. The van der Waals surface area contributed by atoms with Gasteiger partial charge in [0, 0.05) is 5.57 Å². The topological polar surface area (TPSA) is 37.3 Å². The number of aliphatic carboxylic acids is 1. The fourth-order valence-electron chi connectivity index (χ4n) is 3.73. The Bertz CT molecular complexity index is 280. The molecule has 2 saturated carbocycles. The van der Waals surface area contributed by atoms with Crippen molar-refractivity contribution in [2.75, 3.05) is 0 Å². The van der Waals surface area contributed by atoms with Crippen LogP contribution in [0.15, 0.2) is 12.2 Å². The van der Waals surface area contributed by atoms with E-state index in [2.05, 4.69) is 6.58 Å². The van der Waals surface area contributed by atoms with E-state index in [1.807, 2.05) is 0 Å². The second-order valence-corrected chi connectivity index (χ2v) is 5.51. The van der Waals surface area contributed by atoms with E-state index in [4.69, 9.17) is 5.11 Å². The Morgan fingerprint density at radius 3 is 2.56 bits per heavy atom. The van der Waals surface area contributed by atoms with Crippen LogP contribution in [0.1, 0.15) is 51.4 Å². The molecule has 2 fully saturated rings. The molecule has 0 aromatic carbocycles. The van der Waals surface area contributed by atoms with Gasteiger partial charge < -0.3 is 5.11 Å². The monoisotopic (exact) mass is 222 g/mol. The molecule has 0 aromatic rings. The summed E-state index contributed by atoms with van der Waals surface area (Å²) in [5, 5.41) is 8.91. The molecule has 0 aromatic heterocycles. The zero-order valence-electron chi connectivity index (χ0n) is 9.95. The van der Waals surface area contributed by atoms with Crippen LogP contribution in [-0.4, -0.2) is 11.1 Å². The minimum Gasteiger partial charge on any atom is -0.478 e. The van der Waals surface area contributed by atoms with Gasteiger partial charge in [-0.25, -0.2) is 4.79 Å². The lowest BCUT2D eigenvalue weighted by atomic mass is 9.64. The Balaban J connectivity index is 1.97. The maximum atomic E-state index is 10.8. The van der Waals surface area contributed by atoms with Gasteiger partial charge in [0.2, 0.25) is 0 Å². The minimum absolute atomic E-state index is 0.413. The Labute approximate surface area is 97.7 Å². The van der Waals surface area contributed by atoms with Gasteiger partial charge in [0.05, 0.1) is 0 Å². The van der Waals surface area contributed by atoms with Crippen molar-refractivity contribution in [3.63, 3.8) is 0 Å². The lowest BCUT2D eigenvalue weighted by Crippen LogP contribution is -2.31. The van der Waals surface area contributed by atoms with Crippen molar-refractivity contribution in [3.8, 4) is 0 Å². The SMILES string of the molecule is C=C(CC1CCCC2CCCCC21)C(=O)O. The fourth-order valence-corrected chi connectivity index (χ4v) is 3.73. The first kappa shape index (κ1) is 11.7. The Morgan fingerprint density at radius 1 is 1.12 bits per heavy atom. The highest BCUT2D eigenvalue weighted by atomic mass is 16.4. The highest BCUT2D eigenvalue weighted by Gasteiger charge is 2.35. The molecular formula is C14H22O2. The molecule has 3 unspecified atom stereocenters. The predicted molar refractivity (Wildman–Crippen MR) is 64.2 cm³/mol. The third kappa shape index (κ3) is 2.47. The van der Waals surface area contributed by atoms with E-state index >= 15 is 0 Å². The highest BCUT2D eigenvalue weighted by molar-refractivity contribution is 5.85. The van der Waals surface area contributed by atoms with Gasteiger partial charge in [0.25, 0.3) is 0 Å². The maximum Gasteiger partial charge on any atom is 0.330 e. The Kier molecular flexibility index (Phi) is 3.67. The van der Waals surface area contributed by atoms with Gasteiger partial charge in [0.15, 0.2) is 0 Å². The first-order chi connectivity index (χ1) is 7.68. The molecule has 2 heteroatoms. The molecule has 3 atom stereocenters. The van der Waals surface area contributed by atoms with Crippen LogP contribution in [-0.2, 0) is 4.79 Å². The summed E-state index contributed by atoms with van der Waals surface area (Å²) in [6.07, 6.45) is 10.0. The third-order valence-corrected chi connectivity index (χ3v) is 4.53. The van der Waals surface area contributed by atoms with Gasteiger partial charge >= 0.3 is 5.97 Å². The molecule has 16 heavy (non-hydrogen) atoms. The van der Waals surface area contributed by atoms with Gasteiger partial charge in [-0.05, 0) is 37.0 Å². The van der Waals surface area contributed by atoms with E-state index in [-0.39, 0.29) is 0 Å². The molecule has 2 aliphatic carbocycles. The molecular weight excluding hydrogens is 200 g/mol. The lowest BCUT2D eigenvalue weighted by molar-refractivity contribution is -0.133. The van der Waals surface area contributed by atoms with Crippen molar-refractivity contribution in [2.24, 2.45) is 17.8 Å². The second-order valence-electron chi connectivity index (χ2n) is 5.51. The normalized spacial score (nSPS) is 34.1. The number of fused-ring (bicyclic) bond motifs is 1. The van der Waals surface area contributed by atoms with Crippen molar-refractivity contribution >= 4 is 5.97 Å². The van der Waals surface area contributed by atoms with Crippen molar-refractivity contribution in [1.82, 2.24) is 0 Å². The lowest BCUT2D eigenvalue weighted by Gasteiger charge is -2.41. The Hall–Kier alpha value is -0.790. The number of hydrogen-bond acceptors (Lipinski definition) is 1. The van der Waals surface area contributed by atoms with E-state index in [1.54, 1.807) is 0 Å². The molecule has 0 saturated heterocycles. The molecule has 2 aliphatic rings. The maximum absolute atomic E-state index is 10.8. The van der Waals surface area contributed by atoms with Crippen LogP contribution >= 0.6 is 0 Å². The highest BCUT2D eigenvalue weighted by Crippen LogP contribution is 2.45. The zero-order chi connectivity index (χ0) is 11.5. The van der Waals surface area contributed by atoms with Crippen molar-refractivity contribution < 1.29 is 9.90 Å². The summed E-state index contributed by atoms with van der Waals surface area (Å²) in [6, 6.07) is 0. The average molecular weight is 222 g/mol. The summed E-state index contributed by atoms with van der Waals surface area (Å²) < 4.78 is 0. The van der Waals surface area contributed by atoms with E-state index in [1.165, 1.54) is 44.9 Å². The molecule has 2 nitrogen and oxygen atoms in total. The molecule has 0 heterocycles. The van der Waals surface area contributed by atoms with Crippen molar-refractivity contribution in [2.45, 2.75) is 51.4 Å². The molecule has 2 rings (SSSR count). The van der Waals surface area contributed by atoms with Crippen LogP contribution in [0.2, 0.25) is 0 Å². The van der Waals surface area contributed by atoms with Crippen LogP contribution < -0.4 is 0 Å². The minimum atomic E-state index is -0.807. The average Bonchev–Trinajstić information content (AvgIpc) is 2.29. The zero-order valence-corrected chi connectivity index (χ0v) is 9.95. The van der Waals surface area contributed by atoms with E-state index in [0.717, 1.165) is 18.3 Å². The van der Waals surface area contributed by atoms with Crippen LogP contribution in [0.5, 0.6) is 0 Å². The number of carboxylic acid groups (broad SMARTS) is 1. The number of carboxylic acids is 1. The smallest absolute Gasteiger partial charge is 0.330 e. The quantitative estimate of drug-likeness (QED) is 0.740. The standard InChI is InChI=1S/C14H22O2/c1-10(14(15)16)9-12-7-4-6-11-5-2-3-8-13(11)12/h11-13H,1-9H2,(H,15,16). The Morgan fingerprint density at radius 2 is 1.81 bits per heavy atom. The summed E-state index contributed by atoms with van der Waals surface area (Å²) in [4.78, 5) is 10.8. The number of hydrogen-bond donors (Lipinski definition) is 1. The summed E-state index contributed by atoms with van der Waals surface area (Å²) in [7, 11) is 0. The van der Waals surface area contributed by atoms with Gasteiger partial charge in [-0.1, -0.05) is 38.7 Å². The molecule has 0 aliphatic heterocycles. The van der Waals surface area contributed by atoms with Crippen LogP contribution in [0.25, 0.3) is 0 Å². The van der Waals surface area contributed by atoms with E-state index < -0.39 is 5.97 Å². The van der Waals surface area contributed by atoms with Crippen molar-refractivity contribution in [1.29, 1.82) is 0 Å². The fraction of sp³-hybridized carbons (Fsp3) is 0.786. The molecule has 0 amide bonds. The largest absolute Gasteiger partial charge is 0.478 e. The first-order valence-corrected chi connectivity index (χ1v) is 6.59. The molecule has 1 N–H and O–H groups in total. The summed E-state index contributed by atoms with van der Waals surface area (Å²) in [6.45, 7) is 3.69. The van der Waals surface area contributed by atoms with Crippen molar-refractivity contribution in [3.05, 3.63) is 12.2 Å². The second kappa shape index (κ2) is 5.03. The van der Waals surface area contributed by atoms with Gasteiger partial charge in [-0.3, -0.25) is 0 Å². The molecule has 90 valence electrons. The van der Waals surface area contributed by atoms with Gasteiger partial charge in [-0.2, -0.15) is 0 Å². The molecule has 0 radical (unpaired) electrons. The summed E-state index contributed by atoms with van der Waals surface area (Å²) >= 11 is 0. The third-order valence-electron chi connectivity index (χ3n) is 4.53. The van der Waals surface area contributed by atoms with Crippen LogP contribution in [0.3, 0.4) is 0 Å². The van der Waals surface area contributed by atoms with E-state index in [9.17, 15) is 4.79 Å². The molecule has 0 bridgehead atoms. The van der Waals surface area contributed by atoms with E-state index in [0.29, 0.717) is 11.5 Å². The van der Waals surface area contributed by atoms with Gasteiger partial charge in [-0.15, -0.1) is 0 Å². The molecule has 0 spiro atoms.